The highest BCUT2D eigenvalue weighted by Crippen LogP contribution is 2.20. The maximum atomic E-state index is 11.9. The molecule has 0 atom stereocenters. The highest BCUT2D eigenvalue weighted by Gasteiger charge is 2.13. The molecule has 6 heteroatoms. The van der Waals surface area contributed by atoms with Crippen LogP contribution in [0.4, 0.5) is 0 Å². The number of nitrogens with two attached hydrogens (primary N) is 1. The van der Waals surface area contributed by atoms with E-state index in [4.69, 9.17) is 5.73 Å². The van der Waals surface area contributed by atoms with Crippen molar-refractivity contribution < 1.29 is 9.59 Å². The van der Waals surface area contributed by atoms with Crippen molar-refractivity contribution in [2.75, 3.05) is 7.05 Å². The van der Waals surface area contributed by atoms with E-state index in [1.165, 1.54) is 14.0 Å². The van der Waals surface area contributed by atoms with E-state index in [2.05, 4.69) is 15.3 Å². The van der Waals surface area contributed by atoms with E-state index in [9.17, 15) is 9.59 Å². The van der Waals surface area contributed by atoms with Crippen molar-refractivity contribution >= 4 is 28.6 Å². The minimum atomic E-state index is -0.395. The number of amides is 1. The maximum Gasteiger partial charge on any atom is 0.274 e. The van der Waals surface area contributed by atoms with Crippen LogP contribution in [0.1, 0.15) is 27.8 Å². The first-order valence-corrected chi connectivity index (χ1v) is 5.69. The lowest BCUT2D eigenvalue weighted by Crippen LogP contribution is -2.36. The third-order valence-electron chi connectivity index (χ3n) is 2.77. The second-order valence-corrected chi connectivity index (χ2v) is 4.07. The van der Waals surface area contributed by atoms with E-state index in [0.717, 1.165) is 5.52 Å². The van der Waals surface area contributed by atoms with Gasteiger partial charge in [0.25, 0.3) is 5.91 Å². The normalized spacial score (nSPS) is 11.6. The van der Waals surface area contributed by atoms with Crippen molar-refractivity contribution in [1.82, 2.24) is 10.3 Å². The molecule has 2 rings (SSSR count). The number of carbonyl (C=O) groups excluding carboxylic acids is 2. The van der Waals surface area contributed by atoms with Gasteiger partial charge in [-0.15, -0.1) is 0 Å². The lowest BCUT2D eigenvalue weighted by molar-refractivity contribution is 0.0970. The Kier molecular flexibility index (Phi) is 3.33. The van der Waals surface area contributed by atoms with Crippen LogP contribution in [-0.4, -0.2) is 29.7 Å². The fourth-order valence-corrected chi connectivity index (χ4v) is 1.82. The van der Waals surface area contributed by atoms with Crippen LogP contribution in [0.2, 0.25) is 0 Å². The number of aromatic nitrogens is 1. The number of Topliss-reactive ketones (excluding diaryl/α,β-unsaturated/α-hetero) is 1. The molecule has 4 N–H and O–H groups in total. The average Bonchev–Trinajstić information content (AvgIpc) is 2.81. The van der Waals surface area contributed by atoms with Gasteiger partial charge in [0.15, 0.2) is 11.7 Å². The predicted molar refractivity (Wildman–Crippen MR) is 73.3 cm³/mol. The van der Waals surface area contributed by atoms with Crippen LogP contribution in [-0.2, 0) is 0 Å². The number of guanidine groups is 1. The fourth-order valence-electron chi connectivity index (χ4n) is 1.82. The Balaban J connectivity index is 2.45. The summed E-state index contributed by atoms with van der Waals surface area (Å²) in [5.41, 5.74) is 7.06. The summed E-state index contributed by atoms with van der Waals surface area (Å²) in [5, 5.41) is 3.14. The number of ketones is 1. The van der Waals surface area contributed by atoms with Crippen LogP contribution in [0.3, 0.4) is 0 Å². The Morgan fingerprint density at radius 3 is 2.74 bits per heavy atom. The Hall–Kier alpha value is -2.63. The average molecular weight is 258 g/mol. The third-order valence-corrected chi connectivity index (χ3v) is 2.77. The lowest BCUT2D eigenvalue weighted by Gasteiger charge is -2.00. The van der Waals surface area contributed by atoms with Gasteiger partial charge < -0.3 is 10.7 Å². The van der Waals surface area contributed by atoms with E-state index in [1.807, 2.05) is 0 Å². The molecule has 0 unspecified atom stereocenters. The Labute approximate surface area is 109 Å². The number of rotatable bonds is 2. The molecule has 0 fully saturated rings. The van der Waals surface area contributed by atoms with Crippen LogP contribution < -0.4 is 11.1 Å². The monoisotopic (exact) mass is 258 g/mol. The number of carbonyl (C=O) groups is 2. The van der Waals surface area contributed by atoms with Gasteiger partial charge in [0.1, 0.15) is 5.69 Å². The molecule has 0 bridgehead atoms. The summed E-state index contributed by atoms with van der Waals surface area (Å²) in [6, 6.07) is 6.92. The molecular formula is C13H14N4O2. The van der Waals surface area contributed by atoms with Gasteiger partial charge in [0, 0.05) is 23.5 Å². The number of nitrogens with zero attached hydrogens (tertiary/aromatic N) is 1. The largest absolute Gasteiger partial charge is 0.370 e. The highest BCUT2D eigenvalue weighted by atomic mass is 16.2. The van der Waals surface area contributed by atoms with Crippen molar-refractivity contribution in [3.63, 3.8) is 0 Å². The van der Waals surface area contributed by atoms with E-state index < -0.39 is 5.91 Å². The lowest BCUT2D eigenvalue weighted by atomic mass is 10.1. The van der Waals surface area contributed by atoms with Crippen LogP contribution in [0.15, 0.2) is 29.3 Å². The maximum absolute atomic E-state index is 11.9. The van der Waals surface area contributed by atoms with Crippen molar-refractivity contribution in [1.29, 1.82) is 0 Å². The molecule has 1 aromatic heterocycles. The number of hydrogen-bond donors (Lipinski definition) is 3. The molecule has 0 spiro atoms. The zero-order chi connectivity index (χ0) is 14.0. The predicted octanol–water partition coefficient (Wildman–Crippen LogP) is 1.04. The van der Waals surface area contributed by atoms with Gasteiger partial charge in [-0.05, 0) is 19.1 Å². The Morgan fingerprint density at radius 2 is 2.11 bits per heavy atom. The zero-order valence-electron chi connectivity index (χ0n) is 10.7. The van der Waals surface area contributed by atoms with Gasteiger partial charge in [-0.2, -0.15) is 0 Å². The molecule has 0 saturated carbocycles. The summed E-state index contributed by atoms with van der Waals surface area (Å²) in [4.78, 5) is 30.0. The minimum absolute atomic E-state index is 0.0375. The minimum Gasteiger partial charge on any atom is -0.370 e. The molecule has 1 amide bonds. The number of aliphatic imine (C=N–C) groups is 1. The molecule has 0 aliphatic rings. The molecule has 1 heterocycles. The fraction of sp³-hybridized carbons (Fsp3) is 0.154. The number of fused-ring (bicyclic) bond motifs is 1. The molecular weight excluding hydrogens is 244 g/mol. The number of hydrogen-bond acceptors (Lipinski definition) is 3. The smallest absolute Gasteiger partial charge is 0.274 e. The summed E-state index contributed by atoms with van der Waals surface area (Å²) < 4.78 is 0. The molecule has 0 aliphatic carbocycles. The van der Waals surface area contributed by atoms with Gasteiger partial charge >= 0.3 is 0 Å². The first-order chi connectivity index (χ1) is 9.02. The van der Waals surface area contributed by atoms with Crippen LogP contribution in [0.5, 0.6) is 0 Å². The zero-order valence-corrected chi connectivity index (χ0v) is 10.7. The van der Waals surface area contributed by atoms with Crippen LogP contribution in [0, 0.1) is 0 Å². The first-order valence-electron chi connectivity index (χ1n) is 5.69. The second kappa shape index (κ2) is 4.93. The standard InChI is InChI=1S/C13H14N4O2/c1-7(18)8-4-3-5-10-9(8)6-11(16-10)12(19)17-13(14)15-2/h3-6,16H,1-2H3,(H3,14,15,17,19). The molecule has 19 heavy (non-hydrogen) atoms. The summed E-state index contributed by atoms with van der Waals surface area (Å²) >= 11 is 0. The molecule has 0 aliphatic heterocycles. The highest BCUT2D eigenvalue weighted by molar-refractivity contribution is 6.11. The molecule has 6 nitrogen and oxygen atoms in total. The molecule has 2 aromatic rings. The summed E-state index contributed by atoms with van der Waals surface area (Å²) in [5.74, 6) is -0.407. The van der Waals surface area contributed by atoms with E-state index in [0.29, 0.717) is 16.6 Å². The van der Waals surface area contributed by atoms with Crippen molar-refractivity contribution in [2.24, 2.45) is 10.7 Å². The topological polar surface area (TPSA) is 100 Å². The van der Waals surface area contributed by atoms with Crippen LogP contribution >= 0.6 is 0 Å². The SMILES string of the molecule is CN=C(N)NC(=O)c1cc2c(C(C)=O)cccc2[nH]1. The molecule has 0 saturated heterocycles. The quantitative estimate of drug-likeness (QED) is 0.426. The van der Waals surface area contributed by atoms with Gasteiger partial charge in [0.05, 0.1) is 0 Å². The van der Waals surface area contributed by atoms with Gasteiger partial charge in [-0.3, -0.25) is 19.9 Å². The second-order valence-electron chi connectivity index (χ2n) is 4.07. The third kappa shape index (κ3) is 2.47. The Morgan fingerprint density at radius 1 is 1.37 bits per heavy atom. The van der Waals surface area contributed by atoms with E-state index in [1.54, 1.807) is 24.3 Å². The van der Waals surface area contributed by atoms with Crippen molar-refractivity contribution in [3.8, 4) is 0 Å². The molecule has 98 valence electrons. The van der Waals surface area contributed by atoms with Crippen molar-refractivity contribution in [3.05, 3.63) is 35.5 Å². The first kappa shape index (κ1) is 12.8. The molecule has 0 radical (unpaired) electrons. The summed E-state index contributed by atoms with van der Waals surface area (Å²) in [6.45, 7) is 1.49. The van der Waals surface area contributed by atoms with Crippen molar-refractivity contribution in [2.45, 2.75) is 6.92 Å². The molecule has 1 aromatic carbocycles. The van der Waals surface area contributed by atoms with E-state index in [-0.39, 0.29) is 11.7 Å². The number of benzene rings is 1. The van der Waals surface area contributed by atoms with E-state index >= 15 is 0 Å². The van der Waals surface area contributed by atoms with Gasteiger partial charge in [-0.1, -0.05) is 12.1 Å². The number of H-pyrrole nitrogens is 1. The summed E-state index contributed by atoms with van der Waals surface area (Å²) in [6.07, 6.45) is 0. The van der Waals surface area contributed by atoms with Gasteiger partial charge in [0.2, 0.25) is 0 Å². The number of nitrogens with one attached hydrogen (secondary N) is 2. The number of aromatic amines is 1. The summed E-state index contributed by atoms with van der Waals surface area (Å²) in [7, 11) is 1.48. The van der Waals surface area contributed by atoms with Crippen LogP contribution in [0.25, 0.3) is 10.9 Å². The Bertz CT molecular complexity index is 685. The van der Waals surface area contributed by atoms with Gasteiger partial charge in [-0.25, -0.2) is 0 Å².